The first-order valence-electron chi connectivity index (χ1n) is 5.01. The molecule has 0 aliphatic carbocycles. The Morgan fingerprint density at radius 2 is 2.00 bits per heavy atom. The van der Waals surface area contributed by atoms with E-state index in [-0.39, 0.29) is 0 Å². The lowest BCUT2D eigenvalue weighted by Crippen LogP contribution is -2.47. The van der Waals surface area contributed by atoms with Gasteiger partial charge in [-0.15, -0.1) is 0 Å². The van der Waals surface area contributed by atoms with Gasteiger partial charge < -0.3 is 4.90 Å². The summed E-state index contributed by atoms with van der Waals surface area (Å²) in [5, 5.41) is 0.556. The number of anilines is 1. The number of hydrogen-bond acceptors (Lipinski definition) is 3. The van der Waals surface area contributed by atoms with Gasteiger partial charge in [0.1, 0.15) is 0 Å². The molecule has 0 bridgehead atoms. The highest BCUT2D eigenvalue weighted by Gasteiger charge is 2.42. The maximum atomic E-state index is 12.3. The summed E-state index contributed by atoms with van der Waals surface area (Å²) in [7, 11) is -1.39. The van der Waals surface area contributed by atoms with Crippen LogP contribution in [0, 0.1) is 0 Å². The van der Waals surface area contributed by atoms with Crippen LogP contribution in [0.3, 0.4) is 0 Å². The third-order valence-corrected chi connectivity index (χ3v) is 5.71. The van der Waals surface area contributed by atoms with Gasteiger partial charge in [0.05, 0.1) is 15.3 Å². The Balaban J connectivity index is 2.75. The molecule has 2 rings (SSSR count). The molecule has 1 aromatic rings. The van der Waals surface area contributed by atoms with Crippen molar-refractivity contribution < 1.29 is 8.42 Å². The average Bonchev–Trinajstić information content (AvgIpc) is 2.14. The van der Waals surface area contributed by atoms with Crippen LogP contribution >= 0.6 is 11.6 Å². The second-order valence-electron chi connectivity index (χ2n) is 4.73. The van der Waals surface area contributed by atoms with Gasteiger partial charge in [0.25, 0.3) is 0 Å². The van der Waals surface area contributed by atoms with Gasteiger partial charge >= 0.3 is 0 Å². The Morgan fingerprint density at radius 1 is 1.38 bits per heavy atom. The van der Waals surface area contributed by atoms with Gasteiger partial charge in [-0.2, -0.15) is 0 Å². The molecule has 1 aromatic carbocycles. The molecule has 0 fully saturated rings. The van der Waals surface area contributed by atoms with Crippen LogP contribution in [0.2, 0.25) is 5.02 Å². The van der Waals surface area contributed by atoms with Gasteiger partial charge in [-0.25, -0.2) is 8.42 Å². The fourth-order valence-corrected chi connectivity index (χ4v) is 3.92. The minimum Gasteiger partial charge on any atom is -0.372 e. The van der Waals surface area contributed by atoms with Crippen molar-refractivity contribution in [2.24, 2.45) is 0 Å². The summed E-state index contributed by atoms with van der Waals surface area (Å²) >= 11 is 5.88. The zero-order valence-electron chi connectivity index (χ0n) is 9.49. The zero-order chi connectivity index (χ0) is 12.1. The molecule has 0 atom stereocenters. The quantitative estimate of drug-likeness (QED) is 0.718. The van der Waals surface area contributed by atoms with Crippen molar-refractivity contribution >= 4 is 27.1 Å². The molecule has 88 valence electrons. The lowest BCUT2D eigenvalue weighted by molar-refractivity contribution is 0.534. The molecule has 1 heterocycles. The van der Waals surface area contributed by atoms with E-state index in [2.05, 4.69) is 0 Å². The number of nitrogens with zero attached hydrogens (tertiary/aromatic N) is 1. The third kappa shape index (κ3) is 1.52. The zero-order valence-corrected chi connectivity index (χ0v) is 11.1. The topological polar surface area (TPSA) is 37.4 Å². The summed E-state index contributed by atoms with van der Waals surface area (Å²) in [4.78, 5) is 2.30. The van der Waals surface area contributed by atoms with Gasteiger partial charge in [0.15, 0.2) is 9.84 Å². The molecule has 0 amide bonds. The van der Waals surface area contributed by atoms with Crippen LogP contribution in [0.5, 0.6) is 0 Å². The molecule has 0 saturated carbocycles. The summed E-state index contributed by atoms with van der Waals surface area (Å²) in [6, 6.07) is 4.90. The first-order chi connectivity index (χ1) is 7.25. The van der Waals surface area contributed by atoms with Gasteiger partial charge in [0.2, 0.25) is 0 Å². The average molecular weight is 260 g/mol. The Hall–Kier alpha value is -0.740. The summed E-state index contributed by atoms with van der Waals surface area (Å²) in [6.45, 7) is 3.97. The molecule has 16 heavy (non-hydrogen) atoms. The Labute approximate surface area is 101 Å². The summed E-state index contributed by atoms with van der Waals surface area (Å²) < 4.78 is 23.9. The Bertz CT molecular complexity index is 537. The number of sulfone groups is 1. The minimum atomic E-state index is -3.27. The van der Waals surface area contributed by atoms with Gasteiger partial charge in [0, 0.05) is 18.6 Å². The van der Waals surface area contributed by atoms with E-state index in [1.54, 1.807) is 32.0 Å². The van der Waals surface area contributed by atoms with Crippen molar-refractivity contribution in [2.75, 3.05) is 18.5 Å². The van der Waals surface area contributed by atoms with Gasteiger partial charge in [-0.3, -0.25) is 0 Å². The third-order valence-electron chi connectivity index (χ3n) is 2.97. The number of rotatable bonds is 0. The predicted molar refractivity (Wildman–Crippen MR) is 66.0 cm³/mol. The molecular formula is C11H14ClNO2S. The predicted octanol–water partition coefficient (Wildman–Crippen LogP) is 2.34. The van der Waals surface area contributed by atoms with Gasteiger partial charge in [-0.05, 0) is 32.0 Å². The first-order valence-corrected chi connectivity index (χ1v) is 6.87. The van der Waals surface area contributed by atoms with E-state index in [9.17, 15) is 8.42 Å². The van der Waals surface area contributed by atoms with Crippen molar-refractivity contribution in [3.8, 4) is 0 Å². The maximum absolute atomic E-state index is 12.3. The SMILES string of the molecule is CN1CC(C)(C)S(=O)(=O)c2ccc(Cl)cc21. The van der Waals surface area contributed by atoms with E-state index in [4.69, 9.17) is 11.6 Å². The fraction of sp³-hybridized carbons (Fsp3) is 0.455. The van der Waals surface area contributed by atoms with Crippen LogP contribution in [0.15, 0.2) is 23.1 Å². The van der Waals surface area contributed by atoms with E-state index in [0.717, 1.165) is 0 Å². The van der Waals surface area contributed by atoms with Crippen molar-refractivity contribution in [2.45, 2.75) is 23.5 Å². The van der Waals surface area contributed by atoms with E-state index >= 15 is 0 Å². The van der Waals surface area contributed by atoms with Crippen LogP contribution in [0.25, 0.3) is 0 Å². The molecule has 3 nitrogen and oxygen atoms in total. The standard InChI is InChI=1S/C11H14ClNO2S/c1-11(2)7-13(3)9-6-8(12)4-5-10(9)16(11,14)15/h4-6H,7H2,1-3H3. The minimum absolute atomic E-state index is 0.371. The molecule has 0 aromatic heterocycles. The van der Waals surface area contributed by atoms with Crippen LogP contribution in [0.1, 0.15) is 13.8 Å². The Kier molecular flexibility index (Phi) is 2.48. The first kappa shape index (κ1) is 11.7. The molecule has 1 aliphatic rings. The number of halogens is 1. The van der Waals surface area contributed by atoms with Crippen molar-refractivity contribution in [1.29, 1.82) is 0 Å². The van der Waals surface area contributed by atoms with E-state index in [1.165, 1.54) is 0 Å². The van der Waals surface area contributed by atoms with E-state index in [1.807, 2.05) is 11.9 Å². The second kappa shape index (κ2) is 3.37. The highest BCUT2D eigenvalue weighted by molar-refractivity contribution is 7.93. The highest BCUT2D eigenvalue weighted by atomic mass is 35.5. The molecule has 0 spiro atoms. The number of hydrogen-bond donors (Lipinski definition) is 0. The maximum Gasteiger partial charge on any atom is 0.187 e. The van der Waals surface area contributed by atoms with E-state index in [0.29, 0.717) is 22.2 Å². The molecule has 1 aliphatic heterocycles. The van der Waals surface area contributed by atoms with Crippen molar-refractivity contribution in [3.63, 3.8) is 0 Å². The molecule has 0 unspecified atom stereocenters. The van der Waals surface area contributed by atoms with Gasteiger partial charge in [-0.1, -0.05) is 11.6 Å². The second-order valence-corrected chi connectivity index (χ2v) is 7.72. The summed E-state index contributed by atoms with van der Waals surface area (Å²) in [6.07, 6.45) is 0. The van der Waals surface area contributed by atoms with Crippen LogP contribution < -0.4 is 4.90 Å². The number of fused-ring (bicyclic) bond motifs is 1. The van der Waals surface area contributed by atoms with Crippen LogP contribution in [-0.4, -0.2) is 26.8 Å². The summed E-state index contributed by atoms with van der Waals surface area (Å²) in [5.41, 5.74) is 0.687. The lowest BCUT2D eigenvalue weighted by atomic mass is 10.1. The normalized spacial score (nSPS) is 21.6. The van der Waals surface area contributed by atoms with Crippen molar-refractivity contribution in [3.05, 3.63) is 23.2 Å². The largest absolute Gasteiger partial charge is 0.372 e. The Morgan fingerprint density at radius 3 is 2.62 bits per heavy atom. The smallest absolute Gasteiger partial charge is 0.187 e. The molecule has 0 saturated heterocycles. The molecule has 0 radical (unpaired) electrons. The monoisotopic (exact) mass is 259 g/mol. The molecular weight excluding hydrogens is 246 g/mol. The van der Waals surface area contributed by atoms with Crippen LogP contribution in [-0.2, 0) is 9.84 Å². The van der Waals surface area contributed by atoms with Crippen molar-refractivity contribution in [1.82, 2.24) is 0 Å². The van der Waals surface area contributed by atoms with E-state index < -0.39 is 14.6 Å². The molecule has 0 N–H and O–H groups in total. The fourth-order valence-electron chi connectivity index (χ4n) is 2.06. The number of benzene rings is 1. The molecule has 5 heteroatoms. The summed E-state index contributed by atoms with van der Waals surface area (Å²) in [5.74, 6) is 0. The highest BCUT2D eigenvalue weighted by Crippen LogP contribution is 2.39. The lowest BCUT2D eigenvalue weighted by Gasteiger charge is -2.38. The van der Waals surface area contributed by atoms with Crippen LogP contribution in [0.4, 0.5) is 5.69 Å².